The van der Waals surface area contributed by atoms with E-state index in [1.54, 1.807) is 19.1 Å². The van der Waals surface area contributed by atoms with Crippen molar-refractivity contribution in [2.45, 2.75) is 13.5 Å². The second kappa shape index (κ2) is 11.4. The van der Waals surface area contributed by atoms with E-state index in [1.165, 1.54) is 0 Å². The van der Waals surface area contributed by atoms with E-state index in [0.717, 1.165) is 11.1 Å². The van der Waals surface area contributed by atoms with Gasteiger partial charge in [0.2, 0.25) is 0 Å². The van der Waals surface area contributed by atoms with Gasteiger partial charge in [-0.3, -0.25) is 0 Å². The Morgan fingerprint density at radius 3 is 2.44 bits per heavy atom. The predicted molar refractivity (Wildman–Crippen MR) is 102 cm³/mol. The third-order valence-electron chi connectivity index (χ3n) is 3.43. The maximum atomic E-state index is 11.6. The normalized spacial score (nSPS) is 10.4. The summed E-state index contributed by atoms with van der Waals surface area (Å²) >= 11 is 0. The molecule has 1 amide bonds. The molecule has 0 fully saturated rings. The van der Waals surface area contributed by atoms with E-state index in [0.29, 0.717) is 18.9 Å². The summed E-state index contributed by atoms with van der Waals surface area (Å²) in [6, 6.07) is 16.7. The van der Waals surface area contributed by atoms with Gasteiger partial charge in [0.05, 0.1) is 6.61 Å². The first-order valence-corrected chi connectivity index (χ1v) is 8.67. The van der Waals surface area contributed by atoms with E-state index < -0.39 is 12.1 Å². The van der Waals surface area contributed by atoms with Gasteiger partial charge in [-0.1, -0.05) is 54.6 Å². The Labute approximate surface area is 158 Å². The van der Waals surface area contributed by atoms with Gasteiger partial charge < -0.3 is 19.5 Å². The van der Waals surface area contributed by atoms with Crippen molar-refractivity contribution >= 4 is 18.1 Å². The van der Waals surface area contributed by atoms with Crippen LogP contribution in [0.25, 0.3) is 6.08 Å². The number of rotatable bonds is 9. The Hall–Kier alpha value is -3.28. The summed E-state index contributed by atoms with van der Waals surface area (Å²) < 4.78 is 15.2. The van der Waals surface area contributed by atoms with Gasteiger partial charge in [0.15, 0.2) is 6.61 Å². The molecule has 1 N–H and O–H groups in total. The fraction of sp³-hybridized carbons (Fsp3) is 0.238. The molecule has 2 rings (SSSR count). The van der Waals surface area contributed by atoms with Gasteiger partial charge in [-0.15, -0.1) is 0 Å². The van der Waals surface area contributed by atoms with Gasteiger partial charge in [-0.2, -0.15) is 0 Å². The number of ether oxygens (including phenoxy) is 3. The molecule has 0 atom stereocenters. The molecule has 6 heteroatoms. The number of hydrogen-bond acceptors (Lipinski definition) is 5. The third-order valence-corrected chi connectivity index (χ3v) is 3.43. The number of carbonyl (C=O) groups is 2. The van der Waals surface area contributed by atoms with Gasteiger partial charge in [-0.25, -0.2) is 9.59 Å². The van der Waals surface area contributed by atoms with E-state index in [4.69, 9.17) is 14.2 Å². The maximum Gasteiger partial charge on any atom is 0.407 e. The first-order valence-electron chi connectivity index (χ1n) is 8.67. The molecule has 27 heavy (non-hydrogen) atoms. The molecule has 0 spiro atoms. The van der Waals surface area contributed by atoms with Crippen LogP contribution in [-0.2, 0) is 20.9 Å². The smallest absolute Gasteiger partial charge is 0.407 e. The number of carbonyl (C=O) groups excluding carboxylic acids is 2. The van der Waals surface area contributed by atoms with Gasteiger partial charge >= 0.3 is 12.1 Å². The molecule has 0 bridgehead atoms. The lowest BCUT2D eigenvalue weighted by Gasteiger charge is -2.06. The van der Waals surface area contributed by atoms with E-state index in [-0.39, 0.29) is 13.2 Å². The fourth-order valence-corrected chi connectivity index (χ4v) is 2.13. The predicted octanol–water partition coefficient (Wildman–Crippen LogP) is 3.57. The Morgan fingerprint density at radius 2 is 1.74 bits per heavy atom. The summed E-state index contributed by atoms with van der Waals surface area (Å²) in [4.78, 5) is 22.9. The van der Waals surface area contributed by atoms with E-state index in [1.807, 2.05) is 54.6 Å². The highest BCUT2D eigenvalue weighted by atomic mass is 16.6. The van der Waals surface area contributed by atoms with Gasteiger partial charge in [-0.05, 0) is 30.2 Å². The van der Waals surface area contributed by atoms with Gasteiger partial charge in [0.25, 0.3) is 0 Å². The van der Waals surface area contributed by atoms with Crippen LogP contribution in [-0.4, -0.2) is 31.8 Å². The van der Waals surface area contributed by atoms with Crippen molar-refractivity contribution in [2.24, 2.45) is 0 Å². The molecule has 0 aliphatic rings. The lowest BCUT2D eigenvalue weighted by Crippen LogP contribution is -2.24. The molecule has 6 nitrogen and oxygen atoms in total. The second-order valence-electron chi connectivity index (χ2n) is 5.51. The maximum absolute atomic E-state index is 11.6. The number of alkyl carbamates (subject to hydrolysis) is 1. The first-order chi connectivity index (χ1) is 13.2. The Kier molecular flexibility index (Phi) is 8.43. The molecule has 0 heterocycles. The van der Waals surface area contributed by atoms with Crippen LogP contribution in [0.5, 0.6) is 5.75 Å². The molecule has 0 aromatic heterocycles. The standard InChI is InChI=1S/C21H23NO5/c1-2-25-20(23)16-26-19-12-10-17(11-13-19)9-6-14-22-21(24)27-15-18-7-4-3-5-8-18/h3-13H,2,14-16H2,1H3,(H,22,24). The molecule has 2 aromatic carbocycles. The zero-order valence-electron chi connectivity index (χ0n) is 15.2. The molecule has 0 aliphatic carbocycles. The van der Waals surface area contributed by atoms with Crippen molar-refractivity contribution in [3.05, 3.63) is 71.8 Å². The molecule has 0 radical (unpaired) electrons. The Morgan fingerprint density at radius 1 is 1.00 bits per heavy atom. The zero-order chi connectivity index (χ0) is 19.3. The second-order valence-corrected chi connectivity index (χ2v) is 5.51. The van der Waals surface area contributed by atoms with Crippen LogP contribution in [0.4, 0.5) is 4.79 Å². The van der Waals surface area contributed by atoms with Crippen molar-refractivity contribution < 1.29 is 23.8 Å². The molecule has 2 aromatic rings. The fourth-order valence-electron chi connectivity index (χ4n) is 2.13. The van der Waals surface area contributed by atoms with Crippen LogP contribution in [0.15, 0.2) is 60.7 Å². The zero-order valence-corrected chi connectivity index (χ0v) is 15.2. The summed E-state index contributed by atoms with van der Waals surface area (Å²) in [6.07, 6.45) is 3.22. The highest BCUT2D eigenvalue weighted by molar-refractivity contribution is 5.71. The molecular formula is C21H23NO5. The number of hydrogen-bond donors (Lipinski definition) is 1. The van der Waals surface area contributed by atoms with Crippen LogP contribution in [0.1, 0.15) is 18.1 Å². The number of amides is 1. The summed E-state index contributed by atoms with van der Waals surface area (Å²) in [5, 5.41) is 2.66. The van der Waals surface area contributed by atoms with Crippen molar-refractivity contribution in [3.8, 4) is 5.75 Å². The topological polar surface area (TPSA) is 73.9 Å². The average Bonchev–Trinajstić information content (AvgIpc) is 2.70. The summed E-state index contributed by atoms with van der Waals surface area (Å²) in [6.45, 7) is 2.56. The molecule has 0 aliphatic heterocycles. The quantitative estimate of drug-likeness (QED) is 0.684. The summed E-state index contributed by atoms with van der Waals surface area (Å²) in [5.74, 6) is 0.189. The van der Waals surface area contributed by atoms with Gasteiger partial charge in [0.1, 0.15) is 12.4 Å². The third kappa shape index (κ3) is 8.09. The molecule has 0 saturated heterocycles. The number of nitrogens with one attached hydrogen (secondary N) is 1. The molecule has 0 unspecified atom stereocenters. The molecule has 0 saturated carbocycles. The Bertz CT molecular complexity index is 741. The van der Waals surface area contributed by atoms with Crippen LogP contribution >= 0.6 is 0 Å². The van der Waals surface area contributed by atoms with Crippen molar-refractivity contribution in [1.82, 2.24) is 5.32 Å². The minimum absolute atomic E-state index is 0.113. The van der Waals surface area contributed by atoms with Crippen LogP contribution in [0.3, 0.4) is 0 Å². The molecular weight excluding hydrogens is 346 g/mol. The van der Waals surface area contributed by atoms with Crippen LogP contribution < -0.4 is 10.1 Å². The largest absolute Gasteiger partial charge is 0.482 e. The van der Waals surface area contributed by atoms with Gasteiger partial charge in [0, 0.05) is 6.54 Å². The van der Waals surface area contributed by atoms with E-state index in [2.05, 4.69) is 5.32 Å². The van der Waals surface area contributed by atoms with Crippen molar-refractivity contribution in [2.75, 3.05) is 19.8 Å². The minimum atomic E-state index is -0.466. The lowest BCUT2D eigenvalue weighted by atomic mass is 10.2. The lowest BCUT2D eigenvalue weighted by molar-refractivity contribution is -0.145. The van der Waals surface area contributed by atoms with E-state index in [9.17, 15) is 9.59 Å². The van der Waals surface area contributed by atoms with Crippen LogP contribution in [0, 0.1) is 0 Å². The number of esters is 1. The highest BCUT2D eigenvalue weighted by Gasteiger charge is 2.03. The summed E-state index contributed by atoms with van der Waals surface area (Å²) in [5.41, 5.74) is 1.88. The number of benzene rings is 2. The molecule has 142 valence electrons. The Balaban J connectivity index is 1.66. The monoisotopic (exact) mass is 369 g/mol. The van der Waals surface area contributed by atoms with Crippen molar-refractivity contribution in [1.29, 1.82) is 0 Å². The van der Waals surface area contributed by atoms with E-state index >= 15 is 0 Å². The van der Waals surface area contributed by atoms with Crippen LogP contribution in [0.2, 0.25) is 0 Å². The average molecular weight is 369 g/mol. The highest BCUT2D eigenvalue weighted by Crippen LogP contribution is 2.13. The SMILES string of the molecule is CCOC(=O)COc1ccc(C=CCNC(=O)OCc2ccccc2)cc1. The minimum Gasteiger partial charge on any atom is -0.482 e. The first kappa shape index (κ1) is 20.0. The summed E-state index contributed by atoms with van der Waals surface area (Å²) in [7, 11) is 0. The van der Waals surface area contributed by atoms with Crippen molar-refractivity contribution in [3.63, 3.8) is 0 Å².